The Morgan fingerprint density at radius 2 is 1.67 bits per heavy atom. The van der Waals surface area contributed by atoms with Crippen molar-refractivity contribution in [2.45, 2.75) is 53.1 Å². The molecule has 0 heterocycles. The molecule has 0 saturated carbocycles. The number of nitrogens with one attached hydrogen (secondary N) is 1. The first-order valence-electron chi connectivity index (χ1n) is 5.21. The normalized spacial score (nSPS) is 15.6. The molecule has 0 radical (unpaired) electrons. The third-order valence-corrected chi connectivity index (χ3v) is 1.89. The van der Waals surface area contributed by atoms with Crippen LogP contribution in [0.25, 0.3) is 0 Å². The maximum atomic E-state index is 12.0. The van der Waals surface area contributed by atoms with Crippen LogP contribution in [0.5, 0.6) is 0 Å². The first kappa shape index (κ1) is 14.2. The van der Waals surface area contributed by atoms with Gasteiger partial charge in [0.25, 0.3) is 0 Å². The van der Waals surface area contributed by atoms with E-state index in [0.29, 0.717) is 0 Å². The largest absolute Gasteiger partial charge is 0.516 e. The predicted octanol–water partition coefficient (Wildman–Crippen LogP) is 2.43. The summed E-state index contributed by atoms with van der Waals surface area (Å²) in [6.45, 7) is 11.6. The fraction of sp³-hybridized carbons (Fsp3) is 0.750. The average Bonchev–Trinajstić information content (AvgIpc) is 1.98. The molecule has 0 saturated heterocycles. The molecule has 0 aromatic heterocycles. The van der Waals surface area contributed by atoms with Crippen molar-refractivity contribution in [1.29, 1.82) is 0 Å². The highest BCUT2D eigenvalue weighted by Gasteiger charge is 2.30. The minimum atomic E-state index is -0.435. The van der Waals surface area contributed by atoms with Gasteiger partial charge in [0.15, 0.2) is 5.78 Å². The molecule has 0 aliphatic rings. The third-order valence-electron chi connectivity index (χ3n) is 1.89. The lowest BCUT2D eigenvalue weighted by Crippen LogP contribution is -2.49. The Kier molecular flexibility index (Phi) is 4.53. The van der Waals surface area contributed by atoms with E-state index in [9.17, 15) is 4.79 Å². The van der Waals surface area contributed by atoms with Crippen molar-refractivity contribution in [2.75, 3.05) is 0 Å². The highest BCUT2D eigenvalue weighted by molar-refractivity contribution is 5.90. The van der Waals surface area contributed by atoms with Crippen molar-refractivity contribution in [3.63, 3.8) is 0 Å². The molecular formula is C12H23NO2. The van der Waals surface area contributed by atoms with Gasteiger partial charge in [-0.1, -0.05) is 20.8 Å². The monoisotopic (exact) mass is 213 g/mol. The van der Waals surface area contributed by atoms with Gasteiger partial charge >= 0.3 is 0 Å². The lowest BCUT2D eigenvalue weighted by Gasteiger charge is -2.29. The summed E-state index contributed by atoms with van der Waals surface area (Å²) in [5.74, 6) is 0.0720. The lowest BCUT2D eigenvalue weighted by molar-refractivity contribution is -0.127. The van der Waals surface area contributed by atoms with Gasteiger partial charge in [-0.3, -0.25) is 10.1 Å². The minimum Gasteiger partial charge on any atom is -0.516 e. The Hall–Kier alpha value is -0.830. The van der Waals surface area contributed by atoms with Crippen molar-refractivity contribution < 1.29 is 9.90 Å². The standard InChI is InChI=1S/C12H23NO2/c1-11(2,3)10(15)9(7-8-14)13-12(4,5)6/h7-9,13-14H,1-6H3/b8-7+. The van der Waals surface area contributed by atoms with E-state index in [1.165, 1.54) is 6.08 Å². The molecule has 0 fully saturated rings. The fourth-order valence-electron chi connectivity index (χ4n) is 1.22. The number of rotatable bonds is 3. The molecule has 2 N–H and O–H groups in total. The molecule has 0 bridgehead atoms. The summed E-state index contributed by atoms with van der Waals surface area (Å²) < 4.78 is 0. The quantitative estimate of drug-likeness (QED) is 0.708. The number of aliphatic hydroxyl groups excluding tert-OH is 1. The molecule has 0 rings (SSSR count). The van der Waals surface area contributed by atoms with Crippen LogP contribution in [0, 0.1) is 5.41 Å². The zero-order chi connectivity index (χ0) is 12.3. The van der Waals surface area contributed by atoms with Crippen LogP contribution in [-0.2, 0) is 4.79 Å². The van der Waals surface area contributed by atoms with E-state index >= 15 is 0 Å². The second-order valence-electron chi connectivity index (χ2n) is 5.83. The van der Waals surface area contributed by atoms with Crippen LogP contribution in [0.15, 0.2) is 12.3 Å². The average molecular weight is 213 g/mol. The van der Waals surface area contributed by atoms with Gasteiger partial charge in [-0.2, -0.15) is 0 Å². The predicted molar refractivity (Wildman–Crippen MR) is 62.9 cm³/mol. The van der Waals surface area contributed by atoms with Crippen molar-refractivity contribution in [3.8, 4) is 0 Å². The minimum absolute atomic E-state index is 0.0720. The Bertz CT molecular complexity index is 243. The number of hydrogen-bond acceptors (Lipinski definition) is 3. The Morgan fingerprint density at radius 3 is 1.93 bits per heavy atom. The molecule has 0 aromatic carbocycles. The van der Waals surface area contributed by atoms with Gasteiger partial charge in [0.1, 0.15) is 0 Å². The highest BCUT2D eigenvalue weighted by Crippen LogP contribution is 2.18. The van der Waals surface area contributed by atoms with Crippen LogP contribution >= 0.6 is 0 Å². The second-order valence-corrected chi connectivity index (χ2v) is 5.83. The van der Waals surface area contributed by atoms with E-state index in [2.05, 4.69) is 5.32 Å². The van der Waals surface area contributed by atoms with Crippen molar-refractivity contribution in [3.05, 3.63) is 12.3 Å². The van der Waals surface area contributed by atoms with Crippen molar-refractivity contribution in [1.82, 2.24) is 5.32 Å². The molecule has 15 heavy (non-hydrogen) atoms. The summed E-state index contributed by atoms with van der Waals surface area (Å²) in [6.07, 6.45) is 2.41. The smallest absolute Gasteiger partial charge is 0.159 e. The van der Waals surface area contributed by atoms with E-state index in [-0.39, 0.29) is 11.3 Å². The molecular weight excluding hydrogens is 190 g/mol. The molecule has 0 aromatic rings. The summed E-state index contributed by atoms with van der Waals surface area (Å²) in [4.78, 5) is 12.0. The second kappa shape index (κ2) is 4.79. The van der Waals surface area contributed by atoms with Gasteiger partial charge in [-0.15, -0.1) is 0 Å². The summed E-state index contributed by atoms with van der Waals surface area (Å²) in [5.41, 5.74) is -0.576. The number of hydrogen-bond donors (Lipinski definition) is 2. The highest BCUT2D eigenvalue weighted by atomic mass is 16.2. The van der Waals surface area contributed by atoms with Crippen LogP contribution in [0.2, 0.25) is 0 Å². The summed E-state index contributed by atoms with van der Waals surface area (Å²) >= 11 is 0. The van der Waals surface area contributed by atoms with Gasteiger partial charge in [-0.05, 0) is 26.8 Å². The van der Waals surface area contributed by atoms with E-state index in [0.717, 1.165) is 6.26 Å². The fourth-order valence-corrected chi connectivity index (χ4v) is 1.22. The Morgan fingerprint density at radius 1 is 1.20 bits per heavy atom. The number of carbonyl (C=O) groups excluding carboxylic acids is 1. The van der Waals surface area contributed by atoms with Gasteiger partial charge in [0, 0.05) is 11.0 Å². The maximum absolute atomic E-state index is 12.0. The van der Waals surface area contributed by atoms with Crippen LogP contribution < -0.4 is 5.32 Å². The molecule has 0 aliphatic heterocycles. The first-order chi connectivity index (χ1) is 6.58. The molecule has 3 heteroatoms. The number of Topliss-reactive ketones (excluding diaryl/α,β-unsaturated/α-hetero) is 1. The van der Waals surface area contributed by atoms with Gasteiger partial charge in [0.05, 0.1) is 12.3 Å². The van der Waals surface area contributed by atoms with Crippen LogP contribution in [0.3, 0.4) is 0 Å². The van der Waals surface area contributed by atoms with Crippen LogP contribution in [0.4, 0.5) is 0 Å². The maximum Gasteiger partial charge on any atom is 0.159 e. The summed E-state index contributed by atoms with van der Waals surface area (Å²) in [6, 6.07) is -0.435. The van der Waals surface area contributed by atoms with Crippen molar-refractivity contribution >= 4 is 5.78 Å². The Labute approximate surface area is 92.6 Å². The molecule has 1 atom stereocenters. The molecule has 3 nitrogen and oxygen atoms in total. The first-order valence-corrected chi connectivity index (χ1v) is 5.21. The molecule has 0 spiro atoms. The number of aliphatic hydroxyl groups is 1. The lowest BCUT2D eigenvalue weighted by atomic mass is 9.85. The topological polar surface area (TPSA) is 49.3 Å². The van der Waals surface area contributed by atoms with Gasteiger partial charge in [-0.25, -0.2) is 0 Å². The van der Waals surface area contributed by atoms with E-state index in [1.54, 1.807) is 0 Å². The van der Waals surface area contributed by atoms with Gasteiger partial charge in [0.2, 0.25) is 0 Å². The zero-order valence-electron chi connectivity index (χ0n) is 10.6. The van der Waals surface area contributed by atoms with E-state index < -0.39 is 11.5 Å². The molecule has 0 amide bonds. The number of carbonyl (C=O) groups is 1. The molecule has 88 valence electrons. The zero-order valence-corrected chi connectivity index (χ0v) is 10.6. The molecule has 1 unspecified atom stereocenters. The molecule has 0 aliphatic carbocycles. The Balaban J connectivity index is 4.76. The third kappa shape index (κ3) is 5.57. The SMILES string of the molecule is CC(C)(C)NC(/C=C/O)C(=O)C(C)(C)C. The van der Waals surface area contributed by atoms with Crippen molar-refractivity contribution in [2.24, 2.45) is 5.41 Å². The summed E-state index contributed by atoms with van der Waals surface area (Å²) in [5, 5.41) is 11.9. The van der Waals surface area contributed by atoms with Crippen LogP contribution in [0.1, 0.15) is 41.5 Å². The number of ketones is 1. The summed E-state index contributed by atoms with van der Waals surface area (Å²) in [7, 11) is 0. The van der Waals surface area contributed by atoms with E-state index in [4.69, 9.17) is 5.11 Å². The van der Waals surface area contributed by atoms with Crippen LogP contribution in [-0.4, -0.2) is 22.5 Å². The van der Waals surface area contributed by atoms with Gasteiger partial charge < -0.3 is 5.11 Å². The van der Waals surface area contributed by atoms with E-state index in [1.807, 2.05) is 41.5 Å².